The molecule has 0 aliphatic rings. The monoisotopic (exact) mass is 367 g/mol. The van der Waals surface area contributed by atoms with E-state index in [2.05, 4.69) is 18.7 Å². The molecule has 0 bridgehead atoms. The summed E-state index contributed by atoms with van der Waals surface area (Å²) in [6, 6.07) is 0.658. The van der Waals surface area contributed by atoms with Gasteiger partial charge >= 0.3 is 15.0 Å². The van der Waals surface area contributed by atoms with E-state index in [9.17, 15) is 0 Å². The fourth-order valence-electron chi connectivity index (χ4n) is 2.41. The van der Waals surface area contributed by atoms with Crippen LogP contribution in [0.25, 0.3) is 0 Å². The maximum atomic E-state index is 6.10. The normalized spacial score (nSPS) is 13.0. The molecular formula is C16H37NO6Si. The minimum Gasteiger partial charge on any atom is -0.377 e. The van der Waals surface area contributed by atoms with Crippen LogP contribution in [0.4, 0.5) is 0 Å². The van der Waals surface area contributed by atoms with Crippen LogP contribution in [0.3, 0.4) is 0 Å². The summed E-state index contributed by atoms with van der Waals surface area (Å²) < 4.78 is 34.3. The van der Waals surface area contributed by atoms with Crippen molar-refractivity contribution < 1.29 is 27.5 Å². The molecule has 8 heteroatoms. The Kier molecular flexibility index (Phi) is 13.1. The highest BCUT2D eigenvalue weighted by Crippen LogP contribution is 2.27. The second-order valence-electron chi connectivity index (χ2n) is 5.12. The van der Waals surface area contributed by atoms with Gasteiger partial charge in [0, 0.05) is 20.3 Å². The Bertz CT molecular complexity index is 283. The van der Waals surface area contributed by atoms with Gasteiger partial charge in [-0.1, -0.05) is 13.8 Å². The third kappa shape index (κ3) is 7.88. The van der Waals surface area contributed by atoms with Gasteiger partial charge in [0.05, 0.1) is 19.8 Å². The predicted molar refractivity (Wildman–Crippen MR) is 95.7 cm³/mol. The Labute approximate surface area is 148 Å². The molecule has 0 aromatic rings. The molecule has 0 rings (SSSR count). The van der Waals surface area contributed by atoms with Gasteiger partial charge in [-0.2, -0.15) is 0 Å². The molecular weight excluding hydrogens is 330 g/mol. The second-order valence-corrected chi connectivity index (χ2v) is 8.01. The van der Waals surface area contributed by atoms with E-state index in [-0.39, 0.29) is 0 Å². The van der Waals surface area contributed by atoms with E-state index < -0.39 is 15.0 Å². The highest BCUT2D eigenvalue weighted by atomic mass is 28.4. The van der Waals surface area contributed by atoms with Crippen molar-refractivity contribution in [2.45, 2.75) is 53.2 Å². The van der Waals surface area contributed by atoms with Gasteiger partial charge in [-0.05, 0) is 46.8 Å². The third-order valence-corrected chi connectivity index (χ3v) is 6.49. The molecule has 0 fully saturated rings. The van der Waals surface area contributed by atoms with Crippen LogP contribution in [0.1, 0.15) is 41.0 Å². The molecule has 7 nitrogen and oxygen atoms in total. The average molecular weight is 368 g/mol. The highest BCUT2D eigenvalue weighted by Gasteiger charge is 2.50. The van der Waals surface area contributed by atoms with Crippen molar-refractivity contribution in [1.29, 1.82) is 0 Å². The number of hydrogen-bond donors (Lipinski definition) is 0. The molecule has 0 aliphatic heterocycles. The molecule has 0 radical (unpaired) electrons. The molecule has 0 aromatic carbocycles. The van der Waals surface area contributed by atoms with Crippen LogP contribution < -0.4 is 0 Å². The van der Waals surface area contributed by atoms with Crippen LogP contribution in [-0.2, 0) is 27.5 Å². The van der Waals surface area contributed by atoms with Gasteiger partial charge in [0.2, 0.25) is 0 Å². The third-order valence-electron chi connectivity index (χ3n) is 3.72. The van der Waals surface area contributed by atoms with Crippen LogP contribution >= 0.6 is 0 Å². The lowest BCUT2D eigenvalue weighted by molar-refractivity contribution is -0.478. The SMILES string of the molecule is CCOC(OCC)(OCC)O[Si](CCCN(CC)CC)(OC)OC. The van der Waals surface area contributed by atoms with E-state index in [1.54, 1.807) is 14.2 Å². The molecule has 0 unspecified atom stereocenters. The van der Waals surface area contributed by atoms with Gasteiger partial charge in [-0.15, -0.1) is 0 Å². The van der Waals surface area contributed by atoms with Gasteiger partial charge in [-0.25, -0.2) is 0 Å². The molecule has 0 amide bonds. The number of nitrogens with zero attached hydrogens (tertiary/aromatic N) is 1. The Hall–Kier alpha value is -0.0631. The van der Waals surface area contributed by atoms with E-state index in [0.29, 0.717) is 25.9 Å². The molecule has 0 saturated carbocycles. The summed E-state index contributed by atoms with van der Waals surface area (Å²) in [6.45, 7) is 14.1. The Morgan fingerprint density at radius 1 is 0.792 bits per heavy atom. The first-order valence-electron chi connectivity index (χ1n) is 8.95. The maximum Gasteiger partial charge on any atom is 0.506 e. The van der Waals surface area contributed by atoms with Crippen molar-refractivity contribution >= 4 is 8.80 Å². The zero-order valence-electron chi connectivity index (χ0n) is 16.6. The number of ether oxygens (including phenoxy) is 3. The Balaban J connectivity index is 5.07. The second kappa shape index (κ2) is 13.2. The zero-order valence-corrected chi connectivity index (χ0v) is 17.6. The summed E-state index contributed by atoms with van der Waals surface area (Å²) in [6.07, 6.45) is -0.679. The van der Waals surface area contributed by atoms with Crippen LogP contribution in [0, 0.1) is 0 Å². The van der Waals surface area contributed by atoms with Crippen molar-refractivity contribution in [1.82, 2.24) is 4.90 Å². The molecule has 0 atom stereocenters. The summed E-state index contributed by atoms with van der Waals surface area (Å²) in [7, 11) is 0.213. The summed E-state index contributed by atoms with van der Waals surface area (Å²) >= 11 is 0. The van der Waals surface area contributed by atoms with Gasteiger partial charge in [0.15, 0.2) is 0 Å². The minimum atomic E-state index is -2.98. The molecule has 0 aliphatic carbocycles. The van der Waals surface area contributed by atoms with Gasteiger partial charge < -0.3 is 28.0 Å². The standard InChI is InChI=1S/C16H37NO6Si/c1-8-17(9-2)14-13-15-24(18-6,19-7)23-16(20-10-3,21-11-4)22-12-5/h8-15H2,1-7H3. The van der Waals surface area contributed by atoms with E-state index in [0.717, 1.165) is 26.1 Å². The van der Waals surface area contributed by atoms with Crippen LogP contribution in [0.5, 0.6) is 0 Å². The van der Waals surface area contributed by atoms with Crippen LogP contribution in [0.15, 0.2) is 0 Å². The van der Waals surface area contributed by atoms with E-state index in [1.807, 2.05) is 20.8 Å². The fourth-order valence-corrected chi connectivity index (χ4v) is 4.41. The van der Waals surface area contributed by atoms with E-state index >= 15 is 0 Å². The van der Waals surface area contributed by atoms with Crippen molar-refractivity contribution in [2.75, 3.05) is 53.7 Å². The van der Waals surface area contributed by atoms with E-state index in [1.165, 1.54) is 0 Å². The first-order valence-corrected chi connectivity index (χ1v) is 10.9. The Morgan fingerprint density at radius 3 is 1.58 bits per heavy atom. The molecule has 146 valence electrons. The first-order chi connectivity index (χ1) is 11.5. The van der Waals surface area contributed by atoms with Gasteiger partial charge in [0.25, 0.3) is 0 Å². The fraction of sp³-hybridized carbons (Fsp3) is 1.00. The molecule has 0 heterocycles. The van der Waals surface area contributed by atoms with Crippen molar-refractivity contribution in [3.8, 4) is 0 Å². The lowest BCUT2D eigenvalue weighted by Crippen LogP contribution is -2.56. The minimum absolute atomic E-state index is 0.386. The average Bonchev–Trinajstić information content (AvgIpc) is 2.58. The van der Waals surface area contributed by atoms with Crippen molar-refractivity contribution in [2.24, 2.45) is 0 Å². The van der Waals surface area contributed by atoms with Gasteiger partial charge in [0.1, 0.15) is 0 Å². The summed E-state index contributed by atoms with van der Waals surface area (Å²) in [5.74, 6) is 0. The largest absolute Gasteiger partial charge is 0.506 e. The Morgan fingerprint density at radius 2 is 1.25 bits per heavy atom. The topological polar surface area (TPSA) is 58.6 Å². The molecule has 0 spiro atoms. The quantitative estimate of drug-likeness (QED) is 0.307. The zero-order chi connectivity index (χ0) is 18.5. The maximum absolute atomic E-state index is 6.10. The summed E-state index contributed by atoms with van der Waals surface area (Å²) in [5.41, 5.74) is 0. The molecule has 0 aromatic heterocycles. The number of rotatable bonds is 16. The van der Waals surface area contributed by atoms with Crippen LogP contribution in [0.2, 0.25) is 6.04 Å². The predicted octanol–water partition coefficient (Wildman–Crippen LogP) is 2.69. The summed E-state index contributed by atoms with van der Waals surface area (Å²) in [5, 5.41) is 0. The molecule has 0 saturated heterocycles. The lowest BCUT2D eigenvalue weighted by Gasteiger charge is -2.38. The first kappa shape index (κ1) is 23.9. The van der Waals surface area contributed by atoms with E-state index in [4.69, 9.17) is 27.5 Å². The highest BCUT2D eigenvalue weighted by molar-refractivity contribution is 6.60. The summed E-state index contributed by atoms with van der Waals surface area (Å²) in [4.78, 5) is 2.35. The molecule has 24 heavy (non-hydrogen) atoms. The van der Waals surface area contributed by atoms with Crippen LogP contribution in [-0.4, -0.2) is 73.5 Å². The lowest BCUT2D eigenvalue weighted by atomic mass is 10.4. The smallest absolute Gasteiger partial charge is 0.377 e. The number of hydrogen-bond acceptors (Lipinski definition) is 7. The van der Waals surface area contributed by atoms with Crippen molar-refractivity contribution in [3.05, 3.63) is 0 Å². The van der Waals surface area contributed by atoms with Crippen molar-refractivity contribution in [3.63, 3.8) is 0 Å². The van der Waals surface area contributed by atoms with Gasteiger partial charge in [-0.3, -0.25) is 4.43 Å². The molecule has 0 N–H and O–H groups in total.